The minimum atomic E-state index is -0.513. The summed E-state index contributed by atoms with van der Waals surface area (Å²) < 4.78 is 5.39. The monoisotopic (exact) mass is 322 g/mol. The maximum atomic E-state index is 12.1. The molecule has 0 atom stereocenters. The maximum absolute atomic E-state index is 12.1. The summed E-state index contributed by atoms with van der Waals surface area (Å²) in [5.41, 5.74) is 1.31. The van der Waals surface area contributed by atoms with Crippen molar-refractivity contribution >= 4 is 17.8 Å². The van der Waals surface area contributed by atoms with Crippen LogP contribution in [0.1, 0.15) is 52.3 Å². The predicted octanol–water partition coefficient (Wildman–Crippen LogP) is 2.69. The minimum Gasteiger partial charge on any atom is -0.444 e. The Bertz CT molecular complexity index is 587. The molecule has 1 aromatic rings. The van der Waals surface area contributed by atoms with Crippen LogP contribution in [0.3, 0.4) is 0 Å². The largest absolute Gasteiger partial charge is 0.444 e. The topological polar surface area (TPSA) is 87.3 Å². The summed E-state index contributed by atoms with van der Waals surface area (Å²) in [6.45, 7) is 10.5. The van der Waals surface area contributed by atoms with E-state index < -0.39 is 5.60 Å². The highest BCUT2D eigenvalue weighted by Gasteiger charge is 2.28. The van der Waals surface area contributed by atoms with Gasteiger partial charge >= 0.3 is 6.09 Å². The lowest BCUT2D eigenvalue weighted by molar-refractivity contribution is -0.116. The molecule has 0 aromatic carbocycles. The Kier molecular flexibility index (Phi) is 4.97. The molecule has 2 heterocycles. The number of nitrogens with one attached hydrogen (secondary N) is 2. The maximum Gasteiger partial charge on any atom is 0.410 e. The highest BCUT2D eigenvalue weighted by Crippen LogP contribution is 2.25. The number of nitrogens with zero attached hydrogens (tertiary/aromatic N) is 2. The summed E-state index contributed by atoms with van der Waals surface area (Å²) in [6.07, 6.45) is 0.775. The van der Waals surface area contributed by atoms with Crippen molar-refractivity contribution in [3.8, 4) is 0 Å². The number of ether oxygens (including phenoxy) is 1. The van der Waals surface area contributed by atoms with E-state index in [2.05, 4.69) is 15.5 Å². The lowest BCUT2D eigenvalue weighted by Gasteiger charge is -2.29. The number of rotatable bonds is 3. The Morgan fingerprint density at radius 2 is 2.09 bits per heavy atom. The van der Waals surface area contributed by atoms with Crippen molar-refractivity contribution in [2.24, 2.45) is 5.92 Å². The van der Waals surface area contributed by atoms with Crippen LogP contribution >= 0.6 is 0 Å². The predicted molar refractivity (Wildman–Crippen MR) is 87.0 cm³/mol. The number of carbonyl (C=O) groups excluding carboxylic acids is 2. The average molecular weight is 322 g/mol. The molecule has 1 aromatic heterocycles. The van der Waals surface area contributed by atoms with Crippen LogP contribution in [0.25, 0.3) is 0 Å². The number of amides is 2. The van der Waals surface area contributed by atoms with Crippen LogP contribution < -0.4 is 5.32 Å². The second-order valence-electron chi connectivity index (χ2n) is 7.33. The van der Waals surface area contributed by atoms with Gasteiger partial charge in [0, 0.05) is 18.5 Å². The lowest BCUT2D eigenvalue weighted by Crippen LogP contribution is -2.39. The van der Waals surface area contributed by atoms with E-state index in [1.54, 1.807) is 4.90 Å². The fourth-order valence-corrected chi connectivity index (χ4v) is 2.46. The molecular weight excluding hydrogens is 296 g/mol. The van der Waals surface area contributed by atoms with Crippen LogP contribution in [0.15, 0.2) is 0 Å². The fraction of sp³-hybridized carbons (Fsp3) is 0.688. The van der Waals surface area contributed by atoms with Crippen molar-refractivity contribution < 1.29 is 14.3 Å². The van der Waals surface area contributed by atoms with Crippen molar-refractivity contribution in [3.63, 3.8) is 0 Å². The Balaban J connectivity index is 2.01. The zero-order valence-corrected chi connectivity index (χ0v) is 14.5. The van der Waals surface area contributed by atoms with Gasteiger partial charge in [-0.05, 0) is 33.1 Å². The Hall–Kier alpha value is -2.05. The zero-order valence-electron chi connectivity index (χ0n) is 14.5. The Labute approximate surface area is 136 Å². The van der Waals surface area contributed by atoms with Crippen LogP contribution in [0.4, 0.5) is 10.6 Å². The van der Waals surface area contributed by atoms with Gasteiger partial charge in [-0.25, -0.2) is 4.79 Å². The molecule has 7 nitrogen and oxygen atoms in total. The van der Waals surface area contributed by atoms with E-state index in [9.17, 15) is 9.59 Å². The van der Waals surface area contributed by atoms with Crippen LogP contribution in [-0.2, 0) is 22.5 Å². The molecule has 0 radical (unpaired) electrons. The van der Waals surface area contributed by atoms with Gasteiger partial charge in [0.05, 0.1) is 12.2 Å². The molecular formula is C16H26N4O3. The molecule has 0 aliphatic carbocycles. The van der Waals surface area contributed by atoms with Crippen LogP contribution in [-0.4, -0.2) is 39.2 Å². The van der Waals surface area contributed by atoms with Crippen LogP contribution in [0.5, 0.6) is 0 Å². The SMILES string of the molecule is CC(C)CC(=O)Nc1n[nH]c2c1CCN(C(=O)OC(C)(C)C)C2. The lowest BCUT2D eigenvalue weighted by atomic mass is 10.1. The average Bonchev–Trinajstić information content (AvgIpc) is 2.78. The molecule has 1 aliphatic heterocycles. The van der Waals surface area contributed by atoms with Gasteiger partial charge in [-0.3, -0.25) is 9.89 Å². The van der Waals surface area contributed by atoms with Gasteiger partial charge in [-0.1, -0.05) is 13.8 Å². The van der Waals surface area contributed by atoms with E-state index in [1.165, 1.54) is 0 Å². The number of hydrogen-bond acceptors (Lipinski definition) is 4. The first kappa shape index (κ1) is 17.3. The number of aromatic nitrogens is 2. The van der Waals surface area contributed by atoms with Crippen molar-refractivity contribution in [2.75, 3.05) is 11.9 Å². The normalized spacial score (nSPS) is 14.6. The second kappa shape index (κ2) is 6.60. The third kappa shape index (κ3) is 4.71. The van der Waals surface area contributed by atoms with Gasteiger partial charge in [-0.15, -0.1) is 0 Å². The van der Waals surface area contributed by atoms with Crippen LogP contribution in [0, 0.1) is 5.92 Å². The molecule has 0 unspecified atom stereocenters. The molecule has 0 saturated heterocycles. The van der Waals surface area contributed by atoms with Crippen molar-refractivity contribution in [1.82, 2.24) is 15.1 Å². The minimum absolute atomic E-state index is 0.0381. The Morgan fingerprint density at radius 1 is 1.39 bits per heavy atom. The van der Waals surface area contributed by atoms with E-state index in [0.717, 1.165) is 11.3 Å². The third-order valence-electron chi connectivity index (χ3n) is 3.44. The van der Waals surface area contributed by atoms with E-state index in [0.29, 0.717) is 37.7 Å². The number of H-pyrrole nitrogens is 1. The van der Waals surface area contributed by atoms with Gasteiger partial charge in [0.1, 0.15) is 5.60 Å². The van der Waals surface area contributed by atoms with Gasteiger partial charge in [0.25, 0.3) is 0 Å². The van der Waals surface area contributed by atoms with E-state index in [1.807, 2.05) is 34.6 Å². The molecule has 23 heavy (non-hydrogen) atoms. The molecule has 2 rings (SSSR count). The standard InChI is InChI=1S/C16H26N4O3/c1-10(2)8-13(21)17-14-11-6-7-20(9-12(11)18-19-14)15(22)23-16(3,4)5/h10H,6-9H2,1-5H3,(H2,17,18,19,21). The molecule has 0 fully saturated rings. The molecule has 2 amide bonds. The molecule has 1 aliphatic rings. The smallest absolute Gasteiger partial charge is 0.410 e. The molecule has 7 heteroatoms. The first-order chi connectivity index (χ1) is 10.7. The highest BCUT2D eigenvalue weighted by atomic mass is 16.6. The van der Waals surface area contributed by atoms with Gasteiger partial charge in [0.2, 0.25) is 5.91 Å². The van der Waals surface area contributed by atoms with E-state index >= 15 is 0 Å². The fourth-order valence-electron chi connectivity index (χ4n) is 2.46. The third-order valence-corrected chi connectivity index (χ3v) is 3.44. The van der Waals surface area contributed by atoms with E-state index in [4.69, 9.17) is 4.74 Å². The van der Waals surface area contributed by atoms with Crippen LogP contribution in [0.2, 0.25) is 0 Å². The number of fused-ring (bicyclic) bond motifs is 1. The van der Waals surface area contributed by atoms with Gasteiger partial charge in [-0.2, -0.15) is 5.10 Å². The highest BCUT2D eigenvalue weighted by molar-refractivity contribution is 5.90. The summed E-state index contributed by atoms with van der Waals surface area (Å²) in [5.74, 6) is 0.839. The molecule has 2 N–H and O–H groups in total. The van der Waals surface area contributed by atoms with Crippen molar-refractivity contribution in [2.45, 2.75) is 59.6 Å². The quantitative estimate of drug-likeness (QED) is 0.895. The number of hydrogen-bond donors (Lipinski definition) is 2. The molecule has 0 saturated carbocycles. The molecule has 0 spiro atoms. The first-order valence-electron chi connectivity index (χ1n) is 7.99. The van der Waals surface area contributed by atoms with Crippen molar-refractivity contribution in [3.05, 3.63) is 11.3 Å². The van der Waals surface area contributed by atoms with Crippen molar-refractivity contribution in [1.29, 1.82) is 0 Å². The number of aromatic amines is 1. The molecule has 0 bridgehead atoms. The van der Waals surface area contributed by atoms with Gasteiger partial charge < -0.3 is 15.0 Å². The van der Waals surface area contributed by atoms with E-state index in [-0.39, 0.29) is 12.0 Å². The summed E-state index contributed by atoms with van der Waals surface area (Å²) in [4.78, 5) is 25.7. The van der Waals surface area contributed by atoms with Gasteiger partial charge in [0.15, 0.2) is 5.82 Å². The summed E-state index contributed by atoms with van der Waals surface area (Å²) in [6, 6.07) is 0. The summed E-state index contributed by atoms with van der Waals surface area (Å²) in [5, 5.41) is 9.94. The molecule has 128 valence electrons. The summed E-state index contributed by atoms with van der Waals surface area (Å²) in [7, 11) is 0. The zero-order chi connectivity index (χ0) is 17.2. The second-order valence-corrected chi connectivity index (χ2v) is 7.33. The first-order valence-corrected chi connectivity index (χ1v) is 7.99. The number of carbonyl (C=O) groups is 2. The number of anilines is 1. The Morgan fingerprint density at radius 3 is 2.70 bits per heavy atom. The summed E-state index contributed by atoms with van der Waals surface area (Å²) >= 11 is 0.